The molecule has 0 unspecified atom stereocenters. The van der Waals surface area contributed by atoms with Gasteiger partial charge >= 0.3 is 11.9 Å². The molecule has 0 radical (unpaired) electrons. The van der Waals surface area contributed by atoms with Crippen molar-refractivity contribution < 1.29 is 33.6 Å². The molecule has 34 heavy (non-hydrogen) atoms. The van der Waals surface area contributed by atoms with Crippen LogP contribution in [0.3, 0.4) is 0 Å². The van der Waals surface area contributed by atoms with E-state index in [4.69, 9.17) is 18.9 Å². The third-order valence-electron chi connectivity index (χ3n) is 5.28. The van der Waals surface area contributed by atoms with Gasteiger partial charge in [0.25, 0.3) is 0 Å². The number of rotatable bonds is 8. The number of nitrogens with zero attached hydrogens (tertiary/aromatic N) is 1. The fourth-order valence-corrected chi connectivity index (χ4v) is 4.17. The fraction of sp³-hybridized carbons (Fsp3) is 0.280. The number of hydrogen-bond donors (Lipinski definition) is 1. The zero-order valence-corrected chi connectivity index (χ0v) is 20.9. The molecule has 0 aliphatic carbocycles. The highest BCUT2D eigenvalue weighted by Crippen LogP contribution is 2.43. The van der Waals surface area contributed by atoms with Crippen LogP contribution in [-0.2, 0) is 25.6 Å². The van der Waals surface area contributed by atoms with Crippen LogP contribution in [0.4, 0.5) is 0 Å². The number of phenolic OH excluding ortho intramolecular Hbond substituents is 1. The monoisotopic (exact) mass is 531 g/mol. The second-order valence-electron chi connectivity index (χ2n) is 7.39. The van der Waals surface area contributed by atoms with Crippen molar-refractivity contribution in [2.24, 2.45) is 0 Å². The molecule has 1 heterocycles. The maximum atomic E-state index is 12.8. The third-order valence-corrected chi connectivity index (χ3v) is 5.89. The van der Waals surface area contributed by atoms with Crippen molar-refractivity contribution in [1.29, 1.82) is 0 Å². The second kappa shape index (κ2) is 11.1. The summed E-state index contributed by atoms with van der Waals surface area (Å²) in [6, 6.07) is 10.7. The summed E-state index contributed by atoms with van der Waals surface area (Å²) in [6.45, 7) is 2.50. The summed E-state index contributed by atoms with van der Waals surface area (Å²) in [5, 5.41) is 10.3. The number of phenols is 1. The van der Waals surface area contributed by atoms with Gasteiger partial charge in [0.15, 0.2) is 11.5 Å². The standard InChI is InChI=1S/C25H26BrNO7/c1-5-34-21-11-16(10-20(26)23(21)28)22-18(24(29)32-3)13-27(14-19(22)25(30)33-4)12-15-6-8-17(31-2)9-7-15/h6-11,13-14,22,28H,5,12H2,1-4H3. The molecule has 0 aromatic heterocycles. The Morgan fingerprint density at radius 1 is 1.00 bits per heavy atom. The molecular formula is C25H26BrNO7. The highest BCUT2D eigenvalue weighted by atomic mass is 79.9. The van der Waals surface area contributed by atoms with Crippen molar-refractivity contribution in [1.82, 2.24) is 4.90 Å². The number of esters is 2. The van der Waals surface area contributed by atoms with Gasteiger partial charge in [-0.1, -0.05) is 12.1 Å². The minimum Gasteiger partial charge on any atom is -0.503 e. The van der Waals surface area contributed by atoms with Crippen LogP contribution in [0.2, 0.25) is 0 Å². The van der Waals surface area contributed by atoms with Crippen LogP contribution in [0.25, 0.3) is 0 Å². The molecule has 180 valence electrons. The minimum absolute atomic E-state index is 0.0743. The average molecular weight is 532 g/mol. The summed E-state index contributed by atoms with van der Waals surface area (Å²) in [5.41, 5.74) is 1.95. The predicted molar refractivity (Wildman–Crippen MR) is 128 cm³/mol. The first-order valence-electron chi connectivity index (χ1n) is 10.5. The molecule has 1 aliphatic rings. The molecule has 0 saturated heterocycles. The zero-order chi connectivity index (χ0) is 24.8. The number of hydrogen-bond acceptors (Lipinski definition) is 8. The highest BCUT2D eigenvalue weighted by Gasteiger charge is 2.36. The van der Waals surface area contributed by atoms with Crippen molar-refractivity contribution in [2.45, 2.75) is 19.4 Å². The Bertz CT molecular complexity index is 1090. The van der Waals surface area contributed by atoms with Gasteiger partial charge in [-0.3, -0.25) is 0 Å². The number of ether oxygens (including phenoxy) is 4. The highest BCUT2D eigenvalue weighted by molar-refractivity contribution is 9.10. The lowest BCUT2D eigenvalue weighted by molar-refractivity contribution is -0.137. The second-order valence-corrected chi connectivity index (χ2v) is 8.24. The van der Waals surface area contributed by atoms with E-state index in [0.29, 0.717) is 23.2 Å². The van der Waals surface area contributed by atoms with E-state index in [1.165, 1.54) is 14.2 Å². The molecule has 0 spiro atoms. The number of methoxy groups -OCH3 is 3. The summed E-state index contributed by atoms with van der Waals surface area (Å²) in [7, 11) is 4.15. The van der Waals surface area contributed by atoms with Crippen LogP contribution in [0, 0.1) is 0 Å². The van der Waals surface area contributed by atoms with Crippen LogP contribution in [0.15, 0.2) is 64.4 Å². The molecule has 0 amide bonds. The van der Waals surface area contributed by atoms with E-state index >= 15 is 0 Å². The lowest BCUT2D eigenvalue weighted by atomic mass is 9.83. The van der Waals surface area contributed by atoms with E-state index in [1.807, 2.05) is 24.3 Å². The van der Waals surface area contributed by atoms with Gasteiger partial charge in [0.1, 0.15) is 5.75 Å². The van der Waals surface area contributed by atoms with E-state index in [1.54, 1.807) is 43.5 Å². The number of carbonyl (C=O) groups excluding carboxylic acids is 2. The van der Waals surface area contributed by atoms with Crippen LogP contribution >= 0.6 is 15.9 Å². The molecule has 1 aliphatic heterocycles. The summed E-state index contributed by atoms with van der Waals surface area (Å²) in [4.78, 5) is 27.4. The topological polar surface area (TPSA) is 94.5 Å². The number of carbonyl (C=O) groups is 2. The minimum atomic E-state index is -0.803. The molecule has 3 rings (SSSR count). The third kappa shape index (κ3) is 5.36. The van der Waals surface area contributed by atoms with Crippen molar-refractivity contribution in [3.8, 4) is 17.2 Å². The van der Waals surface area contributed by atoms with Crippen molar-refractivity contribution in [3.63, 3.8) is 0 Å². The average Bonchev–Trinajstić information content (AvgIpc) is 2.85. The first-order chi connectivity index (χ1) is 16.3. The van der Waals surface area contributed by atoms with Gasteiger partial charge in [-0.05, 0) is 58.2 Å². The number of benzene rings is 2. The van der Waals surface area contributed by atoms with Gasteiger partial charge < -0.3 is 29.0 Å². The molecule has 0 fully saturated rings. The molecule has 9 heteroatoms. The van der Waals surface area contributed by atoms with Gasteiger partial charge in [-0.2, -0.15) is 0 Å². The number of halogens is 1. The summed E-state index contributed by atoms with van der Waals surface area (Å²) < 4.78 is 21.2. The van der Waals surface area contributed by atoms with Crippen molar-refractivity contribution in [3.05, 3.63) is 75.5 Å². The zero-order valence-electron chi connectivity index (χ0n) is 19.3. The SMILES string of the molecule is CCOc1cc(C2C(C(=O)OC)=CN(Cc3ccc(OC)cc3)C=C2C(=O)OC)cc(Br)c1O. The predicted octanol–water partition coefficient (Wildman–Crippen LogP) is 4.28. The van der Waals surface area contributed by atoms with E-state index in [9.17, 15) is 14.7 Å². The maximum Gasteiger partial charge on any atom is 0.336 e. The summed E-state index contributed by atoms with van der Waals surface area (Å²) in [6.07, 6.45) is 3.29. The smallest absolute Gasteiger partial charge is 0.336 e. The van der Waals surface area contributed by atoms with E-state index in [-0.39, 0.29) is 22.6 Å². The largest absolute Gasteiger partial charge is 0.503 e. The van der Waals surface area contributed by atoms with Crippen LogP contribution in [0.5, 0.6) is 17.2 Å². The van der Waals surface area contributed by atoms with Gasteiger partial charge in [-0.15, -0.1) is 0 Å². The lowest BCUT2D eigenvalue weighted by Gasteiger charge is -2.30. The Morgan fingerprint density at radius 2 is 1.59 bits per heavy atom. The Morgan fingerprint density at radius 3 is 2.09 bits per heavy atom. The fourth-order valence-electron chi connectivity index (χ4n) is 3.71. The molecule has 2 aromatic carbocycles. The normalized spacial score (nSPS) is 13.6. The van der Waals surface area contributed by atoms with Crippen LogP contribution < -0.4 is 9.47 Å². The molecule has 0 bridgehead atoms. The van der Waals surface area contributed by atoms with E-state index in [2.05, 4.69) is 15.9 Å². The van der Waals surface area contributed by atoms with Crippen LogP contribution in [0.1, 0.15) is 24.0 Å². The molecule has 2 aromatic rings. The molecule has 1 N–H and O–H groups in total. The van der Waals surface area contributed by atoms with Crippen LogP contribution in [-0.4, -0.2) is 49.9 Å². The quantitative estimate of drug-likeness (QED) is 0.504. The first-order valence-corrected chi connectivity index (χ1v) is 11.3. The van der Waals surface area contributed by atoms with Gasteiger partial charge in [-0.25, -0.2) is 9.59 Å². The van der Waals surface area contributed by atoms with Crippen molar-refractivity contribution >= 4 is 27.9 Å². The maximum absolute atomic E-state index is 12.8. The molecule has 8 nitrogen and oxygen atoms in total. The molecule has 0 atom stereocenters. The Labute approximate surface area is 206 Å². The van der Waals surface area contributed by atoms with E-state index < -0.39 is 17.9 Å². The molecular weight excluding hydrogens is 506 g/mol. The first kappa shape index (κ1) is 25.2. The molecule has 0 saturated carbocycles. The Balaban J connectivity index is 2.10. The van der Waals surface area contributed by atoms with Gasteiger partial charge in [0.2, 0.25) is 0 Å². The lowest BCUT2D eigenvalue weighted by Crippen LogP contribution is -2.28. The summed E-state index contributed by atoms with van der Waals surface area (Å²) in [5.74, 6) is -1.12. The van der Waals surface area contributed by atoms with E-state index in [0.717, 1.165) is 11.3 Å². The Hall–Kier alpha value is -3.46. The number of aromatic hydroxyl groups is 1. The summed E-state index contributed by atoms with van der Waals surface area (Å²) >= 11 is 3.33. The Kier molecular flexibility index (Phi) is 8.22. The van der Waals surface area contributed by atoms with Gasteiger partial charge in [0.05, 0.1) is 49.5 Å². The van der Waals surface area contributed by atoms with Gasteiger partial charge in [0, 0.05) is 18.9 Å². The van der Waals surface area contributed by atoms with Crippen molar-refractivity contribution in [2.75, 3.05) is 27.9 Å².